The van der Waals surface area contributed by atoms with Crippen LogP contribution < -0.4 is 4.74 Å². The van der Waals surface area contributed by atoms with Gasteiger partial charge in [0.05, 0.1) is 11.8 Å². The maximum atomic E-state index is 9.91. The van der Waals surface area contributed by atoms with E-state index in [0.29, 0.717) is 11.5 Å². The van der Waals surface area contributed by atoms with Crippen molar-refractivity contribution in [2.45, 2.75) is 30.7 Å². The van der Waals surface area contributed by atoms with Crippen LogP contribution in [-0.2, 0) is 0 Å². The first-order valence-electron chi connectivity index (χ1n) is 6.32. The van der Waals surface area contributed by atoms with Crippen molar-refractivity contribution in [2.24, 2.45) is 0 Å². The fourth-order valence-electron chi connectivity index (χ4n) is 2.18. The summed E-state index contributed by atoms with van der Waals surface area (Å²) in [6.45, 7) is 1.91. The second-order valence-corrected chi connectivity index (χ2v) is 6.01. The minimum atomic E-state index is -1.18. The molecule has 7 heteroatoms. The third-order valence-corrected chi connectivity index (χ3v) is 4.50. The molecular formula is C13H16N2O4S. The molecule has 20 heavy (non-hydrogen) atoms. The number of hydrogen-bond acceptors (Lipinski definition) is 6. The summed E-state index contributed by atoms with van der Waals surface area (Å²) < 4.78 is 7.57. The molecule has 2 aromatic heterocycles. The van der Waals surface area contributed by atoms with E-state index in [4.69, 9.17) is 4.74 Å². The predicted octanol–water partition coefficient (Wildman–Crippen LogP) is 0.177. The van der Waals surface area contributed by atoms with Crippen molar-refractivity contribution >= 4 is 17.4 Å². The van der Waals surface area contributed by atoms with Crippen LogP contribution in [-0.4, -0.2) is 54.2 Å². The van der Waals surface area contributed by atoms with Crippen LogP contribution in [0.4, 0.5) is 0 Å². The zero-order valence-corrected chi connectivity index (χ0v) is 11.7. The highest BCUT2D eigenvalue weighted by atomic mass is 32.2. The Morgan fingerprint density at radius 1 is 1.35 bits per heavy atom. The van der Waals surface area contributed by atoms with Gasteiger partial charge in [-0.15, -0.1) is 11.8 Å². The first kappa shape index (κ1) is 13.7. The van der Waals surface area contributed by atoms with Gasteiger partial charge in [0.2, 0.25) is 0 Å². The molecular weight excluding hydrogens is 280 g/mol. The molecule has 0 aromatic carbocycles. The largest absolute Gasteiger partial charge is 0.477 e. The van der Waals surface area contributed by atoms with Crippen molar-refractivity contribution in [1.29, 1.82) is 0 Å². The predicted molar refractivity (Wildman–Crippen MR) is 74.8 cm³/mol. The van der Waals surface area contributed by atoms with Crippen LogP contribution in [0.2, 0.25) is 0 Å². The first-order chi connectivity index (χ1) is 9.54. The van der Waals surface area contributed by atoms with Crippen molar-refractivity contribution in [1.82, 2.24) is 9.38 Å². The summed E-state index contributed by atoms with van der Waals surface area (Å²) in [6.07, 6.45) is 0.506. The van der Waals surface area contributed by atoms with Gasteiger partial charge in [-0.3, -0.25) is 0 Å². The average molecular weight is 296 g/mol. The van der Waals surface area contributed by atoms with Crippen molar-refractivity contribution in [2.75, 3.05) is 5.75 Å². The number of imidazole rings is 1. The molecule has 3 heterocycles. The molecule has 3 N–H and O–H groups in total. The molecule has 108 valence electrons. The van der Waals surface area contributed by atoms with Crippen molar-refractivity contribution in [3.8, 4) is 5.75 Å². The van der Waals surface area contributed by atoms with E-state index in [1.807, 2.05) is 23.7 Å². The lowest BCUT2D eigenvalue weighted by Crippen LogP contribution is -2.50. The Bertz CT molecular complexity index is 617. The van der Waals surface area contributed by atoms with Crippen LogP contribution in [0.3, 0.4) is 0 Å². The zero-order valence-electron chi connectivity index (χ0n) is 10.9. The minimum absolute atomic E-state index is 0.327. The maximum Gasteiger partial charge on any atom is 0.173 e. The van der Waals surface area contributed by atoms with E-state index in [-0.39, 0.29) is 0 Å². The number of aliphatic hydroxyl groups is 3. The van der Waals surface area contributed by atoms with E-state index in [2.05, 4.69) is 4.98 Å². The fourth-order valence-corrected chi connectivity index (χ4v) is 3.30. The Balaban J connectivity index is 1.78. The summed E-state index contributed by atoms with van der Waals surface area (Å²) in [5.74, 6) is 0.899. The summed E-state index contributed by atoms with van der Waals surface area (Å²) in [6, 6.07) is 3.55. The summed E-state index contributed by atoms with van der Waals surface area (Å²) in [7, 11) is 0. The number of ether oxygens (including phenoxy) is 1. The van der Waals surface area contributed by atoms with E-state index < -0.39 is 23.7 Å². The van der Waals surface area contributed by atoms with Gasteiger partial charge in [-0.1, -0.05) is 0 Å². The number of nitrogens with zero attached hydrogens (tertiary/aromatic N) is 2. The Kier molecular flexibility index (Phi) is 3.59. The lowest BCUT2D eigenvalue weighted by Gasteiger charge is -2.34. The molecule has 2 aromatic rings. The molecule has 1 aliphatic rings. The third-order valence-electron chi connectivity index (χ3n) is 3.26. The quantitative estimate of drug-likeness (QED) is 0.733. The highest BCUT2D eigenvalue weighted by Crippen LogP contribution is 2.29. The minimum Gasteiger partial charge on any atom is -0.477 e. The van der Waals surface area contributed by atoms with E-state index in [1.165, 1.54) is 11.8 Å². The van der Waals surface area contributed by atoms with E-state index in [0.717, 1.165) is 11.3 Å². The lowest BCUT2D eigenvalue weighted by atomic mass is 10.1. The topological polar surface area (TPSA) is 87.2 Å². The Hall–Kier alpha value is -1.28. The van der Waals surface area contributed by atoms with Crippen molar-refractivity contribution in [3.05, 3.63) is 30.2 Å². The molecule has 0 radical (unpaired) electrons. The van der Waals surface area contributed by atoms with Gasteiger partial charge >= 0.3 is 0 Å². The molecule has 0 bridgehead atoms. The molecule has 1 aliphatic heterocycles. The summed E-state index contributed by atoms with van der Waals surface area (Å²) >= 11 is 1.28. The molecule has 4 atom stereocenters. The number of rotatable bonds is 2. The van der Waals surface area contributed by atoms with Crippen LogP contribution >= 0.6 is 11.8 Å². The standard InChI is InChI=1S/C13H16N2O4S/c1-7-5-15-3-2-8(4-10(15)14-7)19-13-12(18)11(17)9(16)6-20-13/h2-5,9,11-13,16-18H,6H2,1H3/t9-,11+,12-,13+/m1/s1. The average Bonchev–Trinajstić information content (AvgIpc) is 2.79. The van der Waals surface area contributed by atoms with Gasteiger partial charge in [-0.05, 0) is 13.0 Å². The van der Waals surface area contributed by atoms with Crippen LogP contribution in [0.15, 0.2) is 24.5 Å². The highest BCUT2D eigenvalue weighted by Gasteiger charge is 2.38. The van der Waals surface area contributed by atoms with E-state index >= 15 is 0 Å². The number of aliphatic hydroxyl groups excluding tert-OH is 3. The summed E-state index contributed by atoms with van der Waals surface area (Å²) in [5, 5.41) is 29.0. The summed E-state index contributed by atoms with van der Waals surface area (Å²) in [5.41, 5.74) is 1.07. The molecule has 0 amide bonds. The van der Waals surface area contributed by atoms with Gasteiger partial charge in [-0.2, -0.15) is 0 Å². The van der Waals surface area contributed by atoms with E-state index in [1.54, 1.807) is 12.1 Å². The van der Waals surface area contributed by atoms with Gasteiger partial charge in [-0.25, -0.2) is 4.98 Å². The smallest absolute Gasteiger partial charge is 0.173 e. The number of hydrogen-bond donors (Lipinski definition) is 3. The van der Waals surface area contributed by atoms with Crippen molar-refractivity contribution in [3.63, 3.8) is 0 Å². The first-order valence-corrected chi connectivity index (χ1v) is 7.37. The van der Waals surface area contributed by atoms with Crippen LogP contribution in [0, 0.1) is 6.92 Å². The van der Waals surface area contributed by atoms with Gasteiger partial charge in [0.25, 0.3) is 0 Å². The highest BCUT2D eigenvalue weighted by molar-refractivity contribution is 7.99. The van der Waals surface area contributed by atoms with Crippen LogP contribution in [0.25, 0.3) is 5.65 Å². The number of aromatic nitrogens is 2. The van der Waals surface area contributed by atoms with Gasteiger partial charge in [0.15, 0.2) is 5.44 Å². The van der Waals surface area contributed by atoms with Crippen LogP contribution in [0.1, 0.15) is 5.69 Å². The number of aryl methyl sites for hydroxylation is 1. The Labute approximate surface area is 120 Å². The normalized spacial score (nSPS) is 30.6. The fraction of sp³-hybridized carbons (Fsp3) is 0.462. The maximum absolute atomic E-state index is 9.91. The van der Waals surface area contributed by atoms with Crippen molar-refractivity contribution < 1.29 is 20.1 Å². The molecule has 0 aliphatic carbocycles. The molecule has 3 rings (SSSR count). The Morgan fingerprint density at radius 3 is 2.95 bits per heavy atom. The molecule has 1 fully saturated rings. The number of pyridine rings is 1. The second kappa shape index (κ2) is 5.25. The van der Waals surface area contributed by atoms with Gasteiger partial charge in [0, 0.05) is 24.2 Å². The Morgan fingerprint density at radius 2 is 2.15 bits per heavy atom. The molecule has 0 spiro atoms. The molecule has 1 saturated heterocycles. The molecule has 0 unspecified atom stereocenters. The third kappa shape index (κ3) is 2.49. The lowest BCUT2D eigenvalue weighted by molar-refractivity contribution is -0.0786. The zero-order chi connectivity index (χ0) is 14.3. The SMILES string of the molecule is Cc1cn2ccc(O[C@H]3SC[C@@H](O)[C@H](O)[C@H]3O)cc2n1. The molecule has 6 nitrogen and oxygen atoms in total. The monoisotopic (exact) mass is 296 g/mol. The number of thioether (sulfide) groups is 1. The summed E-state index contributed by atoms with van der Waals surface area (Å²) in [4.78, 5) is 4.34. The second-order valence-electron chi connectivity index (χ2n) is 4.88. The van der Waals surface area contributed by atoms with Gasteiger partial charge < -0.3 is 24.5 Å². The number of fused-ring (bicyclic) bond motifs is 1. The van der Waals surface area contributed by atoms with Gasteiger partial charge in [0.1, 0.15) is 23.6 Å². The molecule has 0 saturated carbocycles. The van der Waals surface area contributed by atoms with E-state index in [9.17, 15) is 15.3 Å². The van der Waals surface area contributed by atoms with Crippen LogP contribution in [0.5, 0.6) is 5.75 Å².